The summed E-state index contributed by atoms with van der Waals surface area (Å²) < 4.78 is 26.5. The van der Waals surface area contributed by atoms with Crippen LogP contribution in [-0.4, -0.2) is 34.7 Å². The number of carbonyl (C=O) groups is 2. The van der Waals surface area contributed by atoms with Crippen LogP contribution in [0.3, 0.4) is 0 Å². The molecule has 2 aromatic carbocycles. The van der Waals surface area contributed by atoms with E-state index in [-0.39, 0.29) is 36.4 Å². The molecular weight excluding hydrogens is 442 g/mol. The number of benzene rings is 2. The lowest BCUT2D eigenvalue weighted by Gasteiger charge is -2.28. The summed E-state index contributed by atoms with van der Waals surface area (Å²) in [4.78, 5) is 30.6. The van der Waals surface area contributed by atoms with Gasteiger partial charge in [0, 0.05) is 18.0 Å². The maximum atomic E-state index is 13.4. The standard InChI is InChI=1S/C26H28F2N2O2S/c1-3-13-29(25(31)15-20-4-8-22(27)9-5-20)18-26(32)30(17-24-19(2)12-14-33-24)16-21-6-10-23(28)11-7-21/h4-12,14H,3,13,15-18H2,1-2H3. The first-order valence-electron chi connectivity index (χ1n) is 10.9. The van der Waals surface area contributed by atoms with Crippen molar-refractivity contribution in [3.63, 3.8) is 0 Å². The Kier molecular flexibility index (Phi) is 8.72. The van der Waals surface area contributed by atoms with E-state index in [4.69, 9.17) is 0 Å². The van der Waals surface area contributed by atoms with Gasteiger partial charge in [0.15, 0.2) is 0 Å². The van der Waals surface area contributed by atoms with Crippen LogP contribution >= 0.6 is 11.3 Å². The van der Waals surface area contributed by atoms with Crippen molar-refractivity contribution < 1.29 is 18.4 Å². The highest BCUT2D eigenvalue weighted by Gasteiger charge is 2.22. The number of thiophene rings is 1. The molecule has 0 aliphatic carbocycles. The highest BCUT2D eigenvalue weighted by Crippen LogP contribution is 2.20. The van der Waals surface area contributed by atoms with E-state index in [2.05, 4.69) is 0 Å². The van der Waals surface area contributed by atoms with Crippen molar-refractivity contribution in [2.45, 2.75) is 39.8 Å². The molecule has 0 aliphatic rings. The van der Waals surface area contributed by atoms with Gasteiger partial charge in [-0.05, 0) is 65.7 Å². The number of carbonyl (C=O) groups excluding carboxylic acids is 2. The van der Waals surface area contributed by atoms with Gasteiger partial charge in [0.1, 0.15) is 11.6 Å². The SMILES string of the molecule is CCCN(CC(=O)N(Cc1ccc(F)cc1)Cc1sccc1C)C(=O)Cc1ccc(F)cc1. The molecule has 0 spiro atoms. The van der Waals surface area contributed by atoms with Crippen molar-refractivity contribution in [3.05, 3.63) is 93.2 Å². The smallest absolute Gasteiger partial charge is 0.242 e. The van der Waals surface area contributed by atoms with Crippen molar-refractivity contribution >= 4 is 23.2 Å². The normalized spacial score (nSPS) is 10.8. The Morgan fingerprint density at radius 1 is 0.818 bits per heavy atom. The molecule has 4 nitrogen and oxygen atoms in total. The molecule has 0 saturated carbocycles. The van der Waals surface area contributed by atoms with Crippen LogP contribution < -0.4 is 0 Å². The van der Waals surface area contributed by atoms with Crippen LogP contribution in [0.5, 0.6) is 0 Å². The summed E-state index contributed by atoms with van der Waals surface area (Å²) in [5, 5.41) is 1.99. The molecule has 0 bridgehead atoms. The summed E-state index contributed by atoms with van der Waals surface area (Å²) >= 11 is 1.58. The fraction of sp³-hybridized carbons (Fsp3) is 0.308. The van der Waals surface area contributed by atoms with Gasteiger partial charge in [-0.15, -0.1) is 11.3 Å². The van der Waals surface area contributed by atoms with Gasteiger partial charge >= 0.3 is 0 Å². The van der Waals surface area contributed by atoms with E-state index in [1.807, 2.05) is 25.3 Å². The summed E-state index contributed by atoms with van der Waals surface area (Å²) in [6, 6.07) is 13.9. The topological polar surface area (TPSA) is 40.6 Å². The van der Waals surface area contributed by atoms with Crippen LogP contribution in [0.2, 0.25) is 0 Å². The van der Waals surface area contributed by atoms with Gasteiger partial charge in [0.05, 0.1) is 19.5 Å². The first-order chi connectivity index (χ1) is 15.9. The summed E-state index contributed by atoms with van der Waals surface area (Å²) in [5.41, 5.74) is 2.63. The average Bonchev–Trinajstić information content (AvgIpc) is 3.20. The van der Waals surface area contributed by atoms with E-state index in [9.17, 15) is 18.4 Å². The summed E-state index contributed by atoms with van der Waals surface area (Å²) in [6.07, 6.45) is 0.819. The molecule has 1 aromatic heterocycles. The minimum Gasteiger partial charge on any atom is -0.333 e. The van der Waals surface area contributed by atoms with Crippen LogP contribution in [0.1, 0.15) is 34.9 Å². The van der Waals surface area contributed by atoms with Gasteiger partial charge in [-0.2, -0.15) is 0 Å². The first kappa shape index (κ1) is 24.6. The van der Waals surface area contributed by atoms with Crippen molar-refractivity contribution in [1.29, 1.82) is 0 Å². The monoisotopic (exact) mass is 470 g/mol. The molecule has 174 valence electrons. The van der Waals surface area contributed by atoms with Gasteiger partial charge in [-0.1, -0.05) is 31.2 Å². The van der Waals surface area contributed by atoms with Crippen LogP contribution in [-0.2, 0) is 29.1 Å². The number of nitrogens with zero attached hydrogens (tertiary/aromatic N) is 2. The zero-order valence-electron chi connectivity index (χ0n) is 18.9. The van der Waals surface area contributed by atoms with Crippen LogP contribution in [0.15, 0.2) is 60.0 Å². The van der Waals surface area contributed by atoms with Gasteiger partial charge in [-0.3, -0.25) is 9.59 Å². The maximum absolute atomic E-state index is 13.4. The van der Waals surface area contributed by atoms with Gasteiger partial charge in [0.2, 0.25) is 11.8 Å². The van der Waals surface area contributed by atoms with Crippen molar-refractivity contribution in [1.82, 2.24) is 9.80 Å². The van der Waals surface area contributed by atoms with E-state index < -0.39 is 0 Å². The molecule has 1 heterocycles. The van der Waals surface area contributed by atoms with Gasteiger partial charge in [-0.25, -0.2) is 8.78 Å². The highest BCUT2D eigenvalue weighted by atomic mass is 32.1. The Morgan fingerprint density at radius 2 is 1.42 bits per heavy atom. The second kappa shape index (κ2) is 11.7. The van der Waals surface area contributed by atoms with Crippen molar-refractivity contribution in [3.8, 4) is 0 Å². The molecule has 3 aromatic rings. The molecule has 0 aliphatic heterocycles. The predicted molar refractivity (Wildman–Crippen MR) is 127 cm³/mol. The second-order valence-corrected chi connectivity index (χ2v) is 9.02. The Hall–Kier alpha value is -3.06. The molecule has 3 rings (SSSR count). The molecule has 0 atom stereocenters. The Bertz CT molecular complexity index is 1060. The van der Waals surface area contributed by atoms with E-state index in [1.54, 1.807) is 45.4 Å². The number of amides is 2. The van der Waals surface area contributed by atoms with E-state index in [0.29, 0.717) is 31.6 Å². The zero-order chi connectivity index (χ0) is 23.8. The number of rotatable bonds is 10. The lowest BCUT2D eigenvalue weighted by Crippen LogP contribution is -2.43. The average molecular weight is 471 g/mol. The fourth-order valence-electron chi connectivity index (χ4n) is 3.50. The molecule has 0 fully saturated rings. The van der Waals surface area contributed by atoms with Crippen molar-refractivity contribution in [2.75, 3.05) is 13.1 Å². The molecule has 0 saturated heterocycles. The number of halogens is 2. The number of aryl methyl sites for hydroxylation is 1. The number of hydrogen-bond donors (Lipinski definition) is 0. The molecule has 2 amide bonds. The van der Waals surface area contributed by atoms with Crippen LogP contribution in [0.4, 0.5) is 8.78 Å². The third kappa shape index (κ3) is 7.22. The molecular formula is C26H28F2N2O2S. The summed E-state index contributed by atoms with van der Waals surface area (Å²) in [6.45, 7) is 5.11. The largest absolute Gasteiger partial charge is 0.333 e. The quantitative estimate of drug-likeness (QED) is 0.401. The highest BCUT2D eigenvalue weighted by molar-refractivity contribution is 7.10. The third-order valence-corrected chi connectivity index (χ3v) is 6.39. The third-order valence-electron chi connectivity index (χ3n) is 5.38. The first-order valence-corrected chi connectivity index (χ1v) is 11.8. The van der Waals surface area contributed by atoms with Crippen LogP contribution in [0, 0.1) is 18.6 Å². The lowest BCUT2D eigenvalue weighted by atomic mass is 10.1. The molecule has 0 radical (unpaired) electrons. The lowest BCUT2D eigenvalue weighted by molar-refractivity contribution is -0.141. The Morgan fingerprint density at radius 3 is 1.97 bits per heavy atom. The summed E-state index contributed by atoms with van der Waals surface area (Å²) in [5.74, 6) is -1.03. The minimum absolute atomic E-state index is 0.0422. The van der Waals surface area contributed by atoms with Crippen molar-refractivity contribution in [2.24, 2.45) is 0 Å². The van der Waals surface area contributed by atoms with Gasteiger partial charge < -0.3 is 9.80 Å². The second-order valence-electron chi connectivity index (χ2n) is 8.02. The van der Waals surface area contributed by atoms with E-state index in [0.717, 1.165) is 16.0 Å². The zero-order valence-corrected chi connectivity index (χ0v) is 19.7. The Labute approximate surface area is 197 Å². The van der Waals surface area contributed by atoms with Gasteiger partial charge in [0.25, 0.3) is 0 Å². The molecule has 7 heteroatoms. The number of hydrogen-bond acceptors (Lipinski definition) is 3. The minimum atomic E-state index is -0.355. The van der Waals surface area contributed by atoms with E-state index >= 15 is 0 Å². The summed E-state index contributed by atoms with van der Waals surface area (Å²) in [7, 11) is 0. The van der Waals surface area contributed by atoms with E-state index in [1.165, 1.54) is 24.3 Å². The predicted octanol–water partition coefficient (Wildman–Crippen LogP) is 5.34. The molecule has 33 heavy (non-hydrogen) atoms. The van der Waals surface area contributed by atoms with Crippen LogP contribution in [0.25, 0.3) is 0 Å². The Balaban J connectivity index is 1.75. The molecule has 0 N–H and O–H groups in total. The molecule has 0 unspecified atom stereocenters. The fourth-order valence-corrected chi connectivity index (χ4v) is 4.42. The maximum Gasteiger partial charge on any atom is 0.242 e.